The molecule has 4 aromatic rings. The Balaban J connectivity index is 1.67. The number of aromatic amines is 1. The lowest BCUT2D eigenvalue weighted by Crippen LogP contribution is -2.27. The third kappa shape index (κ3) is 3.41. The number of pyridine rings is 1. The molecule has 0 spiro atoms. The lowest BCUT2D eigenvalue weighted by Gasteiger charge is -2.20. The Morgan fingerprint density at radius 3 is 2.63 bits per heavy atom. The molecule has 0 bridgehead atoms. The predicted octanol–water partition coefficient (Wildman–Crippen LogP) is 4.69. The fourth-order valence-electron chi connectivity index (χ4n) is 4.34. The van der Waals surface area contributed by atoms with E-state index in [1.165, 1.54) is 11.1 Å². The zero-order chi connectivity index (χ0) is 20.7. The van der Waals surface area contributed by atoms with Gasteiger partial charge >= 0.3 is 0 Å². The van der Waals surface area contributed by atoms with E-state index in [9.17, 15) is 0 Å². The fourth-order valence-corrected chi connectivity index (χ4v) is 4.34. The van der Waals surface area contributed by atoms with Gasteiger partial charge in [-0.25, -0.2) is 4.98 Å². The second kappa shape index (κ2) is 7.69. The highest BCUT2D eigenvalue weighted by atomic mass is 15.2. The highest BCUT2D eigenvalue weighted by molar-refractivity contribution is 5.79. The monoisotopic (exact) mass is 400 g/mol. The summed E-state index contributed by atoms with van der Waals surface area (Å²) in [6.45, 7) is 8.51. The van der Waals surface area contributed by atoms with Gasteiger partial charge in [-0.05, 0) is 51.1 Å². The number of piperidine rings is 1. The predicted molar refractivity (Wildman–Crippen MR) is 120 cm³/mol. The number of nitrogens with zero attached hydrogens (tertiary/aromatic N) is 4. The van der Waals surface area contributed by atoms with E-state index in [2.05, 4.69) is 82.2 Å². The van der Waals surface area contributed by atoms with Crippen LogP contribution < -0.4 is 5.32 Å². The SMILES string of the molecule is Cc1cccc(-c2[nH]c(C3CCNCC3)nc2-c2ccc3nnc(C(C)C)n3c2)c1. The second-order valence-electron chi connectivity index (χ2n) is 8.60. The van der Waals surface area contributed by atoms with Crippen molar-refractivity contribution in [2.75, 3.05) is 13.1 Å². The lowest BCUT2D eigenvalue weighted by molar-refractivity contribution is 0.447. The van der Waals surface area contributed by atoms with Crippen molar-refractivity contribution in [3.8, 4) is 22.5 Å². The van der Waals surface area contributed by atoms with E-state index in [4.69, 9.17) is 4.98 Å². The number of H-pyrrole nitrogens is 1. The first-order valence-corrected chi connectivity index (χ1v) is 10.8. The molecule has 154 valence electrons. The minimum atomic E-state index is 0.302. The first-order chi connectivity index (χ1) is 14.6. The normalized spacial score (nSPS) is 15.3. The Kier molecular flexibility index (Phi) is 4.87. The molecular weight excluding hydrogens is 372 g/mol. The molecule has 6 heteroatoms. The molecule has 1 saturated heterocycles. The number of benzene rings is 1. The molecule has 1 aliphatic rings. The van der Waals surface area contributed by atoms with Gasteiger partial charge in [0.05, 0.1) is 11.4 Å². The van der Waals surface area contributed by atoms with Crippen LogP contribution in [-0.2, 0) is 0 Å². The number of aromatic nitrogens is 5. The summed E-state index contributed by atoms with van der Waals surface area (Å²) in [6, 6.07) is 12.8. The first-order valence-electron chi connectivity index (χ1n) is 10.8. The highest BCUT2D eigenvalue weighted by Gasteiger charge is 2.23. The van der Waals surface area contributed by atoms with E-state index in [1.54, 1.807) is 0 Å². The van der Waals surface area contributed by atoms with Crippen LogP contribution in [0, 0.1) is 6.92 Å². The maximum Gasteiger partial charge on any atom is 0.160 e. The zero-order valence-electron chi connectivity index (χ0n) is 17.8. The summed E-state index contributed by atoms with van der Waals surface area (Å²) in [4.78, 5) is 8.83. The summed E-state index contributed by atoms with van der Waals surface area (Å²) in [5.74, 6) is 2.83. The standard InChI is InChI=1S/C24H28N6/c1-15(2)24-29-28-20-8-7-19(14-30(20)24)22-21(18-6-4-5-16(3)13-18)26-23(27-22)17-9-11-25-12-10-17/h4-8,13-15,17,25H,9-12H2,1-3H3,(H,26,27). The largest absolute Gasteiger partial charge is 0.341 e. The van der Waals surface area contributed by atoms with Crippen molar-refractivity contribution in [2.45, 2.75) is 45.4 Å². The molecule has 0 unspecified atom stereocenters. The Bertz CT molecular complexity index is 1180. The number of imidazole rings is 1. The number of hydrogen-bond acceptors (Lipinski definition) is 4. The van der Waals surface area contributed by atoms with Crippen molar-refractivity contribution in [1.82, 2.24) is 29.9 Å². The van der Waals surface area contributed by atoms with Crippen LogP contribution in [-0.4, -0.2) is 37.7 Å². The van der Waals surface area contributed by atoms with Crippen LogP contribution >= 0.6 is 0 Å². The van der Waals surface area contributed by atoms with Gasteiger partial charge in [0.25, 0.3) is 0 Å². The average molecular weight is 401 g/mol. The Labute approximate surface area is 176 Å². The summed E-state index contributed by atoms with van der Waals surface area (Å²) < 4.78 is 2.10. The number of nitrogens with one attached hydrogen (secondary N) is 2. The Morgan fingerprint density at radius 2 is 1.87 bits per heavy atom. The molecule has 1 aliphatic heterocycles. The maximum atomic E-state index is 5.14. The van der Waals surface area contributed by atoms with Gasteiger partial charge in [-0.2, -0.15) is 0 Å². The van der Waals surface area contributed by atoms with Gasteiger partial charge in [-0.15, -0.1) is 10.2 Å². The van der Waals surface area contributed by atoms with Gasteiger partial charge in [0.1, 0.15) is 11.6 Å². The van der Waals surface area contributed by atoms with E-state index in [-0.39, 0.29) is 0 Å². The summed E-state index contributed by atoms with van der Waals surface area (Å²) in [5.41, 5.74) is 6.45. The molecule has 0 radical (unpaired) electrons. The highest BCUT2D eigenvalue weighted by Crippen LogP contribution is 2.34. The fraction of sp³-hybridized carbons (Fsp3) is 0.375. The quantitative estimate of drug-likeness (QED) is 0.522. The molecule has 0 atom stereocenters. The van der Waals surface area contributed by atoms with Crippen molar-refractivity contribution in [3.05, 3.63) is 59.8 Å². The van der Waals surface area contributed by atoms with Crippen LogP contribution in [0.25, 0.3) is 28.2 Å². The molecule has 4 heterocycles. The van der Waals surface area contributed by atoms with E-state index in [1.807, 2.05) is 6.07 Å². The summed E-state index contributed by atoms with van der Waals surface area (Å²) >= 11 is 0. The molecular formula is C24H28N6. The molecule has 0 amide bonds. The number of hydrogen-bond donors (Lipinski definition) is 2. The van der Waals surface area contributed by atoms with E-state index < -0.39 is 0 Å². The third-order valence-electron chi connectivity index (χ3n) is 5.97. The molecule has 5 rings (SSSR count). The van der Waals surface area contributed by atoms with Gasteiger partial charge in [0, 0.05) is 29.2 Å². The smallest absolute Gasteiger partial charge is 0.160 e. The minimum Gasteiger partial charge on any atom is -0.341 e. The van der Waals surface area contributed by atoms with Gasteiger partial charge in [0.15, 0.2) is 5.65 Å². The summed E-state index contributed by atoms with van der Waals surface area (Å²) in [5, 5.41) is 12.2. The van der Waals surface area contributed by atoms with Gasteiger partial charge in [0.2, 0.25) is 0 Å². The van der Waals surface area contributed by atoms with Crippen LogP contribution in [0.1, 0.15) is 55.7 Å². The van der Waals surface area contributed by atoms with E-state index >= 15 is 0 Å². The molecule has 2 N–H and O–H groups in total. The molecule has 3 aromatic heterocycles. The molecule has 6 nitrogen and oxygen atoms in total. The molecule has 30 heavy (non-hydrogen) atoms. The third-order valence-corrected chi connectivity index (χ3v) is 5.97. The zero-order valence-corrected chi connectivity index (χ0v) is 17.8. The van der Waals surface area contributed by atoms with Gasteiger partial charge in [-0.1, -0.05) is 37.6 Å². The van der Waals surface area contributed by atoms with Crippen LogP contribution in [0.2, 0.25) is 0 Å². The summed E-state index contributed by atoms with van der Waals surface area (Å²) in [6.07, 6.45) is 4.36. The van der Waals surface area contributed by atoms with Crippen molar-refractivity contribution < 1.29 is 0 Å². The maximum absolute atomic E-state index is 5.14. The van der Waals surface area contributed by atoms with Gasteiger partial charge < -0.3 is 10.3 Å². The summed E-state index contributed by atoms with van der Waals surface area (Å²) in [7, 11) is 0. The lowest BCUT2D eigenvalue weighted by atomic mass is 9.98. The Morgan fingerprint density at radius 1 is 1.03 bits per heavy atom. The topological polar surface area (TPSA) is 70.9 Å². The van der Waals surface area contributed by atoms with Crippen molar-refractivity contribution in [1.29, 1.82) is 0 Å². The first kappa shape index (κ1) is 19.0. The second-order valence-corrected chi connectivity index (χ2v) is 8.60. The van der Waals surface area contributed by atoms with E-state index in [0.29, 0.717) is 11.8 Å². The Hall–Kier alpha value is -2.99. The van der Waals surface area contributed by atoms with Crippen molar-refractivity contribution in [2.24, 2.45) is 0 Å². The van der Waals surface area contributed by atoms with Crippen molar-refractivity contribution >= 4 is 5.65 Å². The number of fused-ring (bicyclic) bond motifs is 1. The van der Waals surface area contributed by atoms with Crippen LogP contribution in [0.5, 0.6) is 0 Å². The van der Waals surface area contributed by atoms with Crippen molar-refractivity contribution in [3.63, 3.8) is 0 Å². The van der Waals surface area contributed by atoms with E-state index in [0.717, 1.165) is 60.2 Å². The van der Waals surface area contributed by atoms with Crippen LogP contribution in [0.15, 0.2) is 42.6 Å². The average Bonchev–Trinajstić information content (AvgIpc) is 3.39. The molecule has 0 saturated carbocycles. The van der Waals surface area contributed by atoms with Crippen LogP contribution in [0.4, 0.5) is 0 Å². The molecule has 1 fully saturated rings. The molecule has 1 aromatic carbocycles. The minimum absolute atomic E-state index is 0.302. The number of aryl methyl sites for hydroxylation is 1. The van der Waals surface area contributed by atoms with Crippen LogP contribution in [0.3, 0.4) is 0 Å². The van der Waals surface area contributed by atoms with Gasteiger partial charge in [-0.3, -0.25) is 4.40 Å². The number of rotatable bonds is 4. The molecule has 0 aliphatic carbocycles.